The van der Waals surface area contributed by atoms with Crippen LogP contribution in [0.25, 0.3) is 0 Å². The van der Waals surface area contributed by atoms with Gasteiger partial charge in [0.15, 0.2) is 11.5 Å². The lowest BCUT2D eigenvalue weighted by Crippen LogP contribution is -2.00. The van der Waals surface area contributed by atoms with E-state index in [-0.39, 0.29) is 0 Å². The van der Waals surface area contributed by atoms with Crippen molar-refractivity contribution < 1.29 is 14.3 Å². The molecule has 0 unspecified atom stereocenters. The summed E-state index contributed by atoms with van der Waals surface area (Å²) < 4.78 is 11.1. The van der Waals surface area contributed by atoms with E-state index >= 15 is 0 Å². The standard InChI is InChI=1S/C13H13NO3S/c1-2-16-12-7-10(8-15)3-4-11(12)17-9-13-14-5-6-18-13/h3-8H,2,9H2,1H3. The molecular formula is C13H13NO3S. The van der Waals surface area contributed by atoms with E-state index in [0.29, 0.717) is 30.3 Å². The minimum atomic E-state index is 0.401. The molecule has 0 aliphatic carbocycles. The fourth-order valence-electron chi connectivity index (χ4n) is 1.45. The van der Waals surface area contributed by atoms with Gasteiger partial charge in [0, 0.05) is 17.1 Å². The summed E-state index contributed by atoms with van der Waals surface area (Å²) in [5.41, 5.74) is 0.569. The second-order valence-electron chi connectivity index (χ2n) is 3.47. The number of carbonyl (C=O) groups is 1. The van der Waals surface area contributed by atoms with Gasteiger partial charge in [-0.3, -0.25) is 4.79 Å². The number of thiazole rings is 1. The van der Waals surface area contributed by atoms with Crippen molar-refractivity contribution in [1.82, 2.24) is 4.98 Å². The Kier molecular flexibility index (Phi) is 4.30. The number of benzene rings is 1. The van der Waals surface area contributed by atoms with E-state index in [1.807, 2.05) is 12.3 Å². The highest BCUT2D eigenvalue weighted by Gasteiger charge is 2.07. The molecule has 0 radical (unpaired) electrons. The number of aldehydes is 1. The molecular weight excluding hydrogens is 250 g/mol. The van der Waals surface area contributed by atoms with Gasteiger partial charge in [-0.15, -0.1) is 11.3 Å². The zero-order chi connectivity index (χ0) is 12.8. The minimum Gasteiger partial charge on any atom is -0.490 e. The maximum absolute atomic E-state index is 10.7. The first-order chi connectivity index (χ1) is 8.83. The molecule has 0 fully saturated rings. The molecule has 0 aliphatic rings. The highest BCUT2D eigenvalue weighted by molar-refractivity contribution is 7.09. The molecule has 4 nitrogen and oxygen atoms in total. The summed E-state index contributed by atoms with van der Waals surface area (Å²) in [5.74, 6) is 1.20. The van der Waals surface area contributed by atoms with Crippen molar-refractivity contribution in [2.75, 3.05) is 6.61 Å². The van der Waals surface area contributed by atoms with Crippen LogP contribution in [-0.4, -0.2) is 17.9 Å². The van der Waals surface area contributed by atoms with Crippen LogP contribution in [0.15, 0.2) is 29.8 Å². The molecule has 2 rings (SSSR count). The van der Waals surface area contributed by atoms with Crippen molar-refractivity contribution in [3.8, 4) is 11.5 Å². The molecule has 18 heavy (non-hydrogen) atoms. The van der Waals surface area contributed by atoms with Gasteiger partial charge in [-0.25, -0.2) is 4.98 Å². The number of carbonyl (C=O) groups excluding carboxylic acids is 1. The maximum Gasteiger partial charge on any atom is 0.161 e. The Morgan fingerprint density at radius 3 is 2.89 bits per heavy atom. The van der Waals surface area contributed by atoms with Gasteiger partial charge < -0.3 is 9.47 Å². The molecule has 0 saturated heterocycles. The van der Waals surface area contributed by atoms with Crippen LogP contribution in [0, 0.1) is 0 Å². The van der Waals surface area contributed by atoms with Crippen LogP contribution in [-0.2, 0) is 6.61 Å². The van der Waals surface area contributed by atoms with E-state index < -0.39 is 0 Å². The molecule has 1 aromatic heterocycles. The monoisotopic (exact) mass is 263 g/mol. The SMILES string of the molecule is CCOc1cc(C=O)ccc1OCc1nccs1. The Morgan fingerprint density at radius 2 is 2.22 bits per heavy atom. The normalized spacial score (nSPS) is 10.1. The van der Waals surface area contributed by atoms with E-state index in [2.05, 4.69) is 4.98 Å². The van der Waals surface area contributed by atoms with Gasteiger partial charge in [-0.05, 0) is 25.1 Å². The van der Waals surface area contributed by atoms with E-state index in [9.17, 15) is 4.79 Å². The lowest BCUT2D eigenvalue weighted by Gasteiger charge is -2.11. The van der Waals surface area contributed by atoms with Gasteiger partial charge in [-0.1, -0.05) is 0 Å². The number of ether oxygens (including phenoxy) is 2. The Morgan fingerprint density at radius 1 is 1.33 bits per heavy atom. The maximum atomic E-state index is 10.7. The van der Waals surface area contributed by atoms with Crippen molar-refractivity contribution in [2.45, 2.75) is 13.5 Å². The van der Waals surface area contributed by atoms with Crippen molar-refractivity contribution >= 4 is 17.6 Å². The highest BCUT2D eigenvalue weighted by atomic mass is 32.1. The first-order valence-corrected chi connectivity index (χ1v) is 6.44. The van der Waals surface area contributed by atoms with Gasteiger partial charge in [0.2, 0.25) is 0 Å². The van der Waals surface area contributed by atoms with E-state index in [4.69, 9.17) is 9.47 Å². The molecule has 0 atom stereocenters. The summed E-state index contributed by atoms with van der Waals surface area (Å²) in [6.45, 7) is 2.81. The first-order valence-electron chi connectivity index (χ1n) is 5.56. The second-order valence-corrected chi connectivity index (χ2v) is 4.45. The number of aromatic nitrogens is 1. The molecule has 0 spiro atoms. The smallest absolute Gasteiger partial charge is 0.161 e. The molecule has 2 aromatic rings. The van der Waals surface area contributed by atoms with Crippen LogP contribution >= 0.6 is 11.3 Å². The van der Waals surface area contributed by atoms with Crippen LogP contribution in [0.1, 0.15) is 22.3 Å². The quantitative estimate of drug-likeness (QED) is 0.752. The largest absolute Gasteiger partial charge is 0.490 e. The van der Waals surface area contributed by atoms with E-state index in [1.165, 1.54) is 11.3 Å². The fraction of sp³-hybridized carbons (Fsp3) is 0.231. The van der Waals surface area contributed by atoms with E-state index in [1.54, 1.807) is 24.4 Å². The number of rotatable bonds is 6. The average Bonchev–Trinajstić information content (AvgIpc) is 2.90. The fourth-order valence-corrected chi connectivity index (χ4v) is 1.98. The first kappa shape index (κ1) is 12.6. The number of nitrogens with zero attached hydrogens (tertiary/aromatic N) is 1. The third-order valence-corrected chi connectivity index (χ3v) is 2.99. The van der Waals surface area contributed by atoms with Gasteiger partial charge in [0.1, 0.15) is 17.9 Å². The van der Waals surface area contributed by atoms with Crippen LogP contribution in [0.3, 0.4) is 0 Å². The molecule has 1 heterocycles. The molecule has 0 N–H and O–H groups in total. The van der Waals surface area contributed by atoms with Crippen LogP contribution < -0.4 is 9.47 Å². The highest BCUT2D eigenvalue weighted by Crippen LogP contribution is 2.28. The zero-order valence-corrected chi connectivity index (χ0v) is 10.8. The van der Waals surface area contributed by atoms with Crippen molar-refractivity contribution in [2.24, 2.45) is 0 Å². The Hall–Kier alpha value is -1.88. The third kappa shape index (κ3) is 3.07. The van der Waals surface area contributed by atoms with Crippen LogP contribution in [0.5, 0.6) is 11.5 Å². The van der Waals surface area contributed by atoms with Crippen molar-refractivity contribution in [3.05, 3.63) is 40.3 Å². The lowest BCUT2D eigenvalue weighted by molar-refractivity contribution is 0.112. The van der Waals surface area contributed by atoms with Crippen molar-refractivity contribution in [3.63, 3.8) is 0 Å². The van der Waals surface area contributed by atoms with Gasteiger partial charge in [0.05, 0.1) is 6.61 Å². The molecule has 0 aliphatic heterocycles. The number of hydrogen-bond donors (Lipinski definition) is 0. The van der Waals surface area contributed by atoms with Crippen LogP contribution in [0.2, 0.25) is 0 Å². The van der Waals surface area contributed by atoms with Crippen molar-refractivity contribution in [1.29, 1.82) is 0 Å². The zero-order valence-electron chi connectivity index (χ0n) is 9.96. The summed E-state index contributed by atoms with van der Waals surface area (Å²) in [7, 11) is 0. The molecule has 94 valence electrons. The predicted molar refractivity (Wildman–Crippen MR) is 69.4 cm³/mol. The molecule has 1 aromatic carbocycles. The Bertz CT molecular complexity index is 511. The van der Waals surface area contributed by atoms with Crippen LogP contribution in [0.4, 0.5) is 0 Å². The van der Waals surface area contributed by atoms with Gasteiger partial charge in [-0.2, -0.15) is 0 Å². The molecule has 0 amide bonds. The topological polar surface area (TPSA) is 48.4 Å². The molecule has 0 bridgehead atoms. The minimum absolute atomic E-state index is 0.401. The van der Waals surface area contributed by atoms with Gasteiger partial charge >= 0.3 is 0 Å². The summed E-state index contributed by atoms with van der Waals surface area (Å²) in [6.07, 6.45) is 2.52. The molecule has 0 saturated carbocycles. The predicted octanol–water partition coefficient (Wildman–Crippen LogP) is 2.93. The summed E-state index contributed by atoms with van der Waals surface area (Å²) in [5, 5.41) is 2.80. The summed E-state index contributed by atoms with van der Waals surface area (Å²) >= 11 is 1.54. The lowest BCUT2D eigenvalue weighted by atomic mass is 10.2. The van der Waals surface area contributed by atoms with E-state index in [0.717, 1.165) is 11.3 Å². The Labute approximate surface area is 109 Å². The second kappa shape index (κ2) is 6.16. The summed E-state index contributed by atoms with van der Waals surface area (Å²) in [4.78, 5) is 14.9. The third-order valence-electron chi connectivity index (χ3n) is 2.24. The average molecular weight is 263 g/mol. The number of hydrogen-bond acceptors (Lipinski definition) is 5. The van der Waals surface area contributed by atoms with Gasteiger partial charge in [0.25, 0.3) is 0 Å². The molecule has 5 heteroatoms. The summed E-state index contributed by atoms with van der Waals surface area (Å²) in [6, 6.07) is 5.11. The Balaban J connectivity index is 2.12.